The molecule has 1 atom stereocenters. The van der Waals surface area contributed by atoms with Crippen LogP contribution < -0.4 is 10.1 Å². The Morgan fingerprint density at radius 3 is 3.00 bits per heavy atom. The lowest BCUT2D eigenvalue weighted by atomic mass is 10.2. The molecule has 1 amide bonds. The molecule has 1 N–H and O–H groups in total. The van der Waals surface area contributed by atoms with Crippen molar-refractivity contribution in [1.82, 2.24) is 14.6 Å². The normalized spacial score (nSPS) is 12.4. The quantitative estimate of drug-likeness (QED) is 0.486. The number of benzene rings is 1. The molecule has 6 nitrogen and oxygen atoms in total. The highest BCUT2D eigenvalue weighted by atomic mass is 32.2. The van der Waals surface area contributed by atoms with E-state index in [1.807, 2.05) is 35.6 Å². The smallest absolute Gasteiger partial charge is 0.238 e. The second kappa shape index (κ2) is 7.58. The van der Waals surface area contributed by atoms with Crippen molar-refractivity contribution in [3.63, 3.8) is 0 Å². The third-order valence-corrected chi connectivity index (χ3v) is 6.48. The summed E-state index contributed by atoms with van der Waals surface area (Å²) in [7, 11) is 1.59. The zero-order valence-electron chi connectivity index (χ0n) is 14.9. The van der Waals surface area contributed by atoms with Crippen LogP contribution in [0.15, 0.2) is 53.1 Å². The van der Waals surface area contributed by atoms with Crippen molar-refractivity contribution >= 4 is 50.4 Å². The molecule has 8 heteroatoms. The Hall–Kier alpha value is -2.58. The molecule has 0 aliphatic heterocycles. The largest absolute Gasteiger partial charge is 0.495 e. The number of fused-ring (bicyclic) bond motifs is 3. The fourth-order valence-electron chi connectivity index (χ4n) is 2.92. The Bertz CT molecular complexity index is 1110. The van der Waals surface area contributed by atoms with E-state index in [9.17, 15) is 4.79 Å². The van der Waals surface area contributed by atoms with Gasteiger partial charge in [-0.3, -0.25) is 9.20 Å². The minimum atomic E-state index is -0.289. The number of rotatable bonds is 6. The maximum Gasteiger partial charge on any atom is 0.238 e. The number of methoxy groups -OCH3 is 1. The number of nitrogens with zero attached hydrogens (tertiary/aromatic N) is 3. The summed E-state index contributed by atoms with van der Waals surface area (Å²) in [5, 5.41) is 13.9. The summed E-state index contributed by atoms with van der Waals surface area (Å²) in [6.45, 7) is 1.99. The van der Waals surface area contributed by atoms with Crippen molar-refractivity contribution in [1.29, 1.82) is 0 Å². The SMILES string of the molecule is CC[C@H](Sc1nncn2c1cc1sccc12)C(=O)Nc1ccccc1OC. The van der Waals surface area contributed by atoms with E-state index in [-0.39, 0.29) is 11.2 Å². The van der Waals surface area contributed by atoms with Crippen molar-refractivity contribution in [3.05, 3.63) is 48.1 Å². The number of amides is 1. The molecule has 3 aromatic heterocycles. The summed E-state index contributed by atoms with van der Waals surface area (Å²) in [5.41, 5.74) is 2.75. The number of thiophene rings is 1. The molecule has 0 radical (unpaired) electrons. The standard InChI is InChI=1S/C19H18N4O2S2/c1-3-16(18(24)21-12-6-4-5-7-15(12)25-2)27-19-14-10-17-13(8-9-26-17)23(14)11-20-22-19/h4-11,16H,3H2,1-2H3,(H,21,24)/t16-/m0/s1. The van der Waals surface area contributed by atoms with Gasteiger partial charge in [0.1, 0.15) is 17.1 Å². The fourth-order valence-corrected chi connectivity index (χ4v) is 4.70. The van der Waals surface area contributed by atoms with Gasteiger partial charge in [0, 0.05) is 0 Å². The Labute approximate surface area is 164 Å². The lowest BCUT2D eigenvalue weighted by molar-refractivity contribution is -0.115. The van der Waals surface area contributed by atoms with Gasteiger partial charge in [0.15, 0.2) is 0 Å². The second-order valence-corrected chi connectivity index (χ2v) is 8.05. The van der Waals surface area contributed by atoms with Gasteiger partial charge in [0.25, 0.3) is 0 Å². The van der Waals surface area contributed by atoms with Crippen LogP contribution in [0.2, 0.25) is 0 Å². The highest BCUT2D eigenvalue weighted by Gasteiger charge is 2.22. The van der Waals surface area contributed by atoms with Crippen LogP contribution in [0, 0.1) is 0 Å². The predicted octanol–water partition coefficient (Wildman–Crippen LogP) is 4.46. The van der Waals surface area contributed by atoms with Crippen LogP contribution in [-0.2, 0) is 4.79 Å². The van der Waals surface area contributed by atoms with Crippen molar-refractivity contribution in [2.75, 3.05) is 12.4 Å². The molecular formula is C19H18N4O2S2. The van der Waals surface area contributed by atoms with E-state index in [0.717, 1.165) is 16.1 Å². The summed E-state index contributed by atoms with van der Waals surface area (Å²) in [6, 6.07) is 11.6. The van der Waals surface area contributed by atoms with E-state index in [4.69, 9.17) is 4.74 Å². The number of nitrogens with one attached hydrogen (secondary N) is 1. The van der Waals surface area contributed by atoms with Crippen LogP contribution in [0.1, 0.15) is 13.3 Å². The highest BCUT2D eigenvalue weighted by molar-refractivity contribution is 8.00. The minimum Gasteiger partial charge on any atom is -0.495 e. The van der Waals surface area contributed by atoms with Crippen LogP contribution in [0.3, 0.4) is 0 Å². The first-order valence-corrected chi connectivity index (χ1v) is 10.3. The van der Waals surface area contributed by atoms with Crippen molar-refractivity contribution in [2.45, 2.75) is 23.6 Å². The first-order chi connectivity index (χ1) is 13.2. The van der Waals surface area contributed by atoms with Gasteiger partial charge in [0.2, 0.25) is 5.91 Å². The summed E-state index contributed by atoms with van der Waals surface area (Å²) >= 11 is 3.11. The van der Waals surface area contributed by atoms with Gasteiger partial charge in [-0.2, -0.15) is 0 Å². The Morgan fingerprint density at radius 1 is 1.33 bits per heavy atom. The second-order valence-electron chi connectivity index (χ2n) is 5.91. The summed E-state index contributed by atoms with van der Waals surface area (Å²) in [4.78, 5) is 12.8. The van der Waals surface area contributed by atoms with Crippen molar-refractivity contribution in [3.8, 4) is 5.75 Å². The van der Waals surface area contributed by atoms with Gasteiger partial charge in [-0.25, -0.2) is 0 Å². The lowest BCUT2D eigenvalue weighted by Crippen LogP contribution is -2.25. The van der Waals surface area contributed by atoms with Crippen molar-refractivity contribution in [2.24, 2.45) is 0 Å². The Morgan fingerprint density at radius 2 is 2.19 bits per heavy atom. The maximum absolute atomic E-state index is 12.8. The monoisotopic (exact) mass is 398 g/mol. The number of thioether (sulfide) groups is 1. The molecule has 4 rings (SSSR count). The van der Waals surface area contributed by atoms with Gasteiger partial charge < -0.3 is 10.1 Å². The number of ether oxygens (including phenoxy) is 1. The molecule has 0 aliphatic carbocycles. The molecule has 4 aromatic rings. The molecule has 0 fully saturated rings. The maximum atomic E-state index is 12.8. The first kappa shape index (κ1) is 17.8. The number of anilines is 1. The van der Waals surface area contributed by atoms with Gasteiger partial charge in [0.05, 0.1) is 33.8 Å². The zero-order chi connectivity index (χ0) is 18.8. The molecule has 0 bridgehead atoms. The van der Waals surface area contributed by atoms with Crippen LogP contribution >= 0.6 is 23.1 Å². The van der Waals surface area contributed by atoms with Crippen LogP contribution in [0.25, 0.3) is 15.7 Å². The third-order valence-electron chi connectivity index (χ3n) is 4.28. The molecular weight excluding hydrogens is 380 g/mol. The van der Waals surface area contributed by atoms with Crippen LogP contribution in [0.5, 0.6) is 5.75 Å². The predicted molar refractivity (Wildman–Crippen MR) is 110 cm³/mol. The fraction of sp³-hybridized carbons (Fsp3) is 0.211. The number of para-hydroxylation sites is 2. The molecule has 138 valence electrons. The van der Waals surface area contributed by atoms with E-state index < -0.39 is 0 Å². The Kier molecular flexibility index (Phi) is 5.00. The zero-order valence-corrected chi connectivity index (χ0v) is 16.5. The molecule has 0 saturated heterocycles. The number of hydrogen-bond acceptors (Lipinski definition) is 6. The van der Waals surface area contributed by atoms with E-state index in [1.54, 1.807) is 24.8 Å². The number of hydrogen-bond donors (Lipinski definition) is 1. The van der Waals surface area contributed by atoms with Gasteiger partial charge in [-0.05, 0) is 36.1 Å². The molecule has 27 heavy (non-hydrogen) atoms. The molecule has 0 saturated carbocycles. The third kappa shape index (κ3) is 3.38. The van der Waals surface area contributed by atoms with Gasteiger partial charge in [-0.15, -0.1) is 21.5 Å². The summed E-state index contributed by atoms with van der Waals surface area (Å²) < 4.78 is 8.51. The van der Waals surface area contributed by atoms with E-state index in [0.29, 0.717) is 17.9 Å². The number of carbonyl (C=O) groups is 1. The van der Waals surface area contributed by atoms with Gasteiger partial charge >= 0.3 is 0 Å². The van der Waals surface area contributed by atoms with E-state index in [1.165, 1.54) is 16.5 Å². The van der Waals surface area contributed by atoms with Gasteiger partial charge in [-0.1, -0.05) is 30.8 Å². The van der Waals surface area contributed by atoms with Crippen LogP contribution in [-0.4, -0.2) is 32.9 Å². The minimum absolute atomic E-state index is 0.0795. The van der Waals surface area contributed by atoms with Crippen LogP contribution in [0.4, 0.5) is 5.69 Å². The number of carbonyl (C=O) groups excluding carboxylic acids is 1. The summed E-state index contributed by atoms with van der Waals surface area (Å²) in [5.74, 6) is 0.559. The Balaban J connectivity index is 1.60. The van der Waals surface area contributed by atoms with Crippen molar-refractivity contribution < 1.29 is 9.53 Å². The molecule has 0 spiro atoms. The molecule has 3 heterocycles. The first-order valence-electron chi connectivity index (χ1n) is 8.51. The number of aromatic nitrogens is 3. The van der Waals surface area contributed by atoms with E-state index in [2.05, 4.69) is 33.0 Å². The summed E-state index contributed by atoms with van der Waals surface area (Å²) in [6.07, 6.45) is 2.38. The molecule has 1 aromatic carbocycles. The highest BCUT2D eigenvalue weighted by Crippen LogP contribution is 2.33. The topological polar surface area (TPSA) is 68.5 Å². The average Bonchev–Trinajstić information content (AvgIpc) is 3.28. The molecule has 0 aliphatic rings. The molecule has 0 unspecified atom stereocenters. The van der Waals surface area contributed by atoms with E-state index >= 15 is 0 Å². The lowest BCUT2D eigenvalue weighted by Gasteiger charge is -2.16. The average molecular weight is 399 g/mol.